The lowest BCUT2D eigenvalue weighted by molar-refractivity contribution is 0.343. The smallest absolute Gasteiger partial charge is 0.173 e. The molecule has 19 heavy (non-hydrogen) atoms. The summed E-state index contributed by atoms with van der Waals surface area (Å²) in [4.78, 5) is 0. The first kappa shape index (κ1) is 19.1. The van der Waals surface area contributed by atoms with E-state index in [-0.39, 0.29) is 9.84 Å². The van der Waals surface area contributed by atoms with Crippen LogP contribution in [0.2, 0.25) is 0 Å². The highest BCUT2D eigenvalue weighted by molar-refractivity contribution is 6.28. The maximum Gasteiger partial charge on any atom is 0.173 e. The van der Waals surface area contributed by atoms with E-state index in [0.29, 0.717) is 0 Å². The molecule has 0 N–H and O–H groups in total. The molecule has 0 radical (unpaired) electrons. The number of hydrogen-bond acceptors (Lipinski definition) is 2. The van der Waals surface area contributed by atoms with E-state index in [0.717, 1.165) is 0 Å². The molecule has 0 spiro atoms. The Kier molecular flexibility index (Phi) is 14.6. The zero-order chi connectivity index (χ0) is 14.3. The van der Waals surface area contributed by atoms with Crippen molar-refractivity contribution in [1.29, 1.82) is 0 Å². The van der Waals surface area contributed by atoms with Gasteiger partial charge in [0.15, 0.2) is 9.84 Å². The van der Waals surface area contributed by atoms with E-state index in [4.69, 9.17) is 0 Å². The fraction of sp³-hybridized carbons (Fsp3) is 1.00. The van der Waals surface area contributed by atoms with Crippen LogP contribution in [0.5, 0.6) is 0 Å². The summed E-state index contributed by atoms with van der Waals surface area (Å²) in [6.45, 7) is 14.6. The predicted molar refractivity (Wildman–Crippen MR) is 91.3 cm³/mol. The van der Waals surface area contributed by atoms with E-state index in [2.05, 4.69) is 36.8 Å². The molecule has 0 atom stereocenters. The SMILES string of the molecule is CCCCN(CCCC)[SiH2]N(CCCC)CCCC. The minimum atomic E-state index is -0.175. The van der Waals surface area contributed by atoms with Crippen molar-refractivity contribution < 1.29 is 0 Å². The van der Waals surface area contributed by atoms with E-state index in [9.17, 15) is 0 Å². The lowest BCUT2D eigenvalue weighted by Crippen LogP contribution is -2.43. The largest absolute Gasteiger partial charge is 0.317 e. The second kappa shape index (κ2) is 14.5. The molecule has 0 fully saturated rings. The summed E-state index contributed by atoms with van der Waals surface area (Å²) < 4.78 is 5.64. The Morgan fingerprint density at radius 3 is 1.00 bits per heavy atom. The molecule has 0 saturated heterocycles. The van der Waals surface area contributed by atoms with Crippen molar-refractivity contribution in [2.45, 2.75) is 79.1 Å². The topological polar surface area (TPSA) is 6.48 Å². The third kappa shape index (κ3) is 11.6. The van der Waals surface area contributed by atoms with E-state index < -0.39 is 0 Å². The Labute approximate surface area is 124 Å². The maximum atomic E-state index is 2.82. The van der Waals surface area contributed by atoms with Crippen LogP contribution in [0, 0.1) is 0 Å². The highest BCUT2D eigenvalue weighted by Crippen LogP contribution is 2.03. The van der Waals surface area contributed by atoms with Crippen LogP contribution in [0.15, 0.2) is 0 Å². The first-order valence-electron chi connectivity index (χ1n) is 8.73. The molecule has 3 heteroatoms. The quantitative estimate of drug-likeness (QED) is 0.448. The monoisotopic (exact) mass is 286 g/mol. The van der Waals surface area contributed by atoms with Crippen molar-refractivity contribution in [2.24, 2.45) is 0 Å². The van der Waals surface area contributed by atoms with Crippen LogP contribution in [0.25, 0.3) is 0 Å². The fourth-order valence-electron chi connectivity index (χ4n) is 2.32. The van der Waals surface area contributed by atoms with Crippen LogP contribution in [0.4, 0.5) is 0 Å². The van der Waals surface area contributed by atoms with Crippen molar-refractivity contribution in [1.82, 2.24) is 9.13 Å². The highest BCUT2D eigenvalue weighted by atomic mass is 28.2. The molecule has 0 saturated carbocycles. The van der Waals surface area contributed by atoms with Crippen LogP contribution in [-0.2, 0) is 0 Å². The van der Waals surface area contributed by atoms with Gasteiger partial charge in [0.25, 0.3) is 0 Å². The van der Waals surface area contributed by atoms with Gasteiger partial charge in [-0.3, -0.25) is 0 Å². The van der Waals surface area contributed by atoms with E-state index in [1.165, 1.54) is 77.5 Å². The lowest BCUT2D eigenvalue weighted by atomic mass is 10.3. The first-order valence-corrected chi connectivity index (χ1v) is 9.99. The Hall–Kier alpha value is 0.137. The Morgan fingerprint density at radius 1 is 0.526 bits per heavy atom. The number of unbranched alkanes of at least 4 members (excludes halogenated alkanes) is 4. The second-order valence-corrected chi connectivity index (χ2v) is 7.86. The molecule has 0 heterocycles. The number of hydrogen-bond donors (Lipinski definition) is 0. The van der Waals surface area contributed by atoms with Gasteiger partial charge in [0, 0.05) is 0 Å². The van der Waals surface area contributed by atoms with Crippen LogP contribution >= 0.6 is 0 Å². The highest BCUT2D eigenvalue weighted by Gasteiger charge is 2.11. The maximum absolute atomic E-state index is 2.82. The van der Waals surface area contributed by atoms with Gasteiger partial charge in [-0.25, -0.2) is 0 Å². The van der Waals surface area contributed by atoms with Crippen LogP contribution < -0.4 is 0 Å². The molecule has 0 rings (SSSR count). The molecule has 0 aliphatic carbocycles. The van der Waals surface area contributed by atoms with Gasteiger partial charge >= 0.3 is 0 Å². The van der Waals surface area contributed by atoms with Crippen molar-refractivity contribution in [3.05, 3.63) is 0 Å². The normalized spacial score (nSPS) is 11.7. The van der Waals surface area contributed by atoms with Gasteiger partial charge in [-0.1, -0.05) is 53.4 Å². The van der Waals surface area contributed by atoms with Crippen LogP contribution in [0.3, 0.4) is 0 Å². The summed E-state index contributed by atoms with van der Waals surface area (Å²) in [5, 5.41) is 0. The molecule has 0 unspecified atom stereocenters. The molecular weight excluding hydrogens is 248 g/mol. The Balaban J connectivity index is 4.16. The van der Waals surface area contributed by atoms with Gasteiger partial charge in [-0.05, 0) is 51.9 Å². The van der Waals surface area contributed by atoms with Gasteiger partial charge in [0.05, 0.1) is 0 Å². The van der Waals surface area contributed by atoms with Crippen molar-refractivity contribution >= 4 is 9.84 Å². The summed E-state index contributed by atoms with van der Waals surface area (Å²) in [6, 6.07) is 0. The summed E-state index contributed by atoms with van der Waals surface area (Å²) in [5.74, 6) is 0. The van der Waals surface area contributed by atoms with Crippen LogP contribution in [-0.4, -0.2) is 45.2 Å². The van der Waals surface area contributed by atoms with Gasteiger partial charge in [0.1, 0.15) is 0 Å². The zero-order valence-corrected chi connectivity index (χ0v) is 15.5. The van der Waals surface area contributed by atoms with Gasteiger partial charge in [-0.15, -0.1) is 0 Å². The Bertz CT molecular complexity index is 142. The summed E-state index contributed by atoms with van der Waals surface area (Å²) in [7, 11) is -0.175. The van der Waals surface area contributed by atoms with Crippen LogP contribution in [0.1, 0.15) is 79.1 Å². The molecule has 0 aliphatic rings. The molecule has 0 aromatic rings. The van der Waals surface area contributed by atoms with Crippen molar-refractivity contribution in [3.63, 3.8) is 0 Å². The van der Waals surface area contributed by atoms with Gasteiger partial charge in [-0.2, -0.15) is 0 Å². The summed E-state index contributed by atoms with van der Waals surface area (Å²) >= 11 is 0. The molecule has 0 aromatic heterocycles. The average molecular weight is 287 g/mol. The molecule has 116 valence electrons. The minimum absolute atomic E-state index is 0.175. The summed E-state index contributed by atoms with van der Waals surface area (Å²) in [6.07, 6.45) is 10.9. The second-order valence-electron chi connectivity index (χ2n) is 5.79. The molecule has 0 bridgehead atoms. The molecule has 0 amide bonds. The molecule has 0 aromatic carbocycles. The minimum Gasteiger partial charge on any atom is -0.317 e. The fourth-order valence-corrected chi connectivity index (χ4v) is 4.34. The molecule has 0 aliphatic heterocycles. The standard InChI is InChI=1S/C16H38N2Si/c1-5-9-13-17(14-10-6-2)19-18(15-11-7-3)16-12-8-4/h5-16,19H2,1-4H3. The lowest BCUT2D eigenvalue weighted by Gasteiger charge is -2.30. The van der Waals surface area contributed by atoms with Crippen molar-refractivity contribution in [2.75, 3.05) is 26.2 Å². The number of nitrogens with zero attached hydrogens (tertiary/aromatic N) is 2. The Morgan fingerprint density at radius 2 is 0.789 bits per heavy atom. The molecule has 2 nitrogen and oxygen atoms in total. The third-order valence-corrected chi connectivity index (χ3v) is 5.78. The van der Waals surface area contributed by atoms with E-state index in [1.807, 2.05) is 0 Å². The van der Waals surface area contributed by atoms with E-state index in [1.54, 1.807) is 0 Å². The predicted octanol–water partition coefficient (Wildman–Crippen LogP) is 3.79. The zero-order valence-electron chi connectivity index (χ0n) is 14.1. The van der Waals surface area contributed by atoms with Crippen molar-refractivity contribution in [3.8, 4) is 0 Å². The summed E-state index contributed by atoms with van der Waals surface area (Å²) in [5.41, 5.74) is 0. The van der Waals surface area contributed by atoms with Gasteiger partial charge in [0.2, 0.25) is 0 Å². The molecular formula is C16H38N2Si. The first-order chi connectivity index (χ1) is 9.28. The van der Waals surface area contributed by atoms with Gasteiger partial charge < -0.3 is 9.13 Å². The number of rotatable bonds is 14. The third-order valence-electron chi connectivity index (χ3n) is 3.71. The van der Waals surface area contributed by atoms with E-state index >= 15 is 0 Å². The average Bonchev–Trinajstić information content (AvgIpc) is 2.44.